The highest BCUT2D eigenvalue weighted by Gasteiger charge is 2.02. The molecule has 6 nitrogen and oxygen atoms in total. The van der Waals surface area contributed by atoms with Crippen molar-refractivity contribution in [2.24, 2.45) is 5.92 Å². The summed E-state index contributed by atoms with van der Waals surface area (Å²) in [4.78, 5) is 8.33. The van der Waals surface area contributed by atoms with Crippen LogP contribution in [0.25, 0.3) is 0 Å². The fourth-order valence-corrected chi connectivity index (χ4v) is 1.64. The molecule has 98 valence electrons. The second-order valence-electron chi connectivity index (χ2n) is 4.71. The highest BCUT2D eigenvalue weighted by atomic mass is 16.5. The van der Waals surface area contributed by atoms with Crippen molar-refractivity contribution in [2.75, 3.05) is 6.54 Å². The van der Waals surface area contributed by atoms with Crippen LogP contribution >= 0.6 is 0 Å². The number of aryl methyl sites for hydroxylation is 2. The maximum atomic E-state index is 4.95. The van der Waals surface area contributed by atoms with E-state index in [1.54, 1.807) is 0 Å². The first-order chi connectivity index (χ1) is 8.74. The van der Waals surface area contributed by atoms with E-state index >= 15 is 0 Å². The van der Waals surface area contributed by atoms with E-state index in [4.69, 9.17) is 4.52 Å². The Morgan fingerprint density at radius 2 is 2.28 bits per heavy atom. The molecule has 0 amide bonds. The molecule has 0 aromatic carbocycles. The van der Waals surface area contributed by atoms with Gasteiger partial charge in [-0.05, 0) is 12.5 Å². The lowest BCUT2D eigenvalue weighted by molar-refractivity contribution is 0.371. The minimum absolute atomic E-state index is 0.656. The molecule has 0 atom stereocenters. The zero-order valence-electron chi connectivity index (χ0n) is 10.8. The molecule has 0 fully saturated rings. The Balaban J connectivity index is 1.75. The fourth-order valence-electron chi connectivity index (χ4n) is 1.64. The average molecular weight is 249 g/mol. The SMILES string of the molecule is CC(C)CNCc1cn(CCc2ncno2)cn1. The van der Waals surface area contributed by atoms with Gasteiger partial charge in [0, 0.05) is 25.7 Å². The summed E-state index contributed by atoms with van der Waals surface area (Å²) in [6.45, 7) is 7.01. The molecule has 6 heteroatoms. The third kappa shape index (κ3) is 3.96. The van der Waals surface area contributed by atoms with E-state index < -0.39 is 0 Å². The van der Waals surface area contributed by atoms with Crippen molar-refractivity contribution in [1.82, 2.24) is 25.0 Å². The van der Waals surface area contributed by atoms with E-state index in [-0.39, 0.29) is 0 Å². The summed E-state index contributed by atoms with van der Waals surface area (Å²) >= 11 is 0. The molecule has 0 aliphatic carbocycles. The van der Waals surface area contributed by atoms with Crippen LogP contribution in [0, 0.1) is 5.92 Å². The van der Waals surface area contributed by atoms with Crippen molar-refractivity contribution in [3.63, 3.8) is 0 Å². The minimum atomic E-state index is 0.656. The summed E-state index contributed by atoms with van der Waals surface area (Å²) in [7, 11) is 0. The van der Waals surface area contributed by atoms with Crippen molar-refractivity contribution >= 4 is 0 Å². The number of aromatic nitrogens is 4. The van der Waals surface area contributed by atoms with Gasteiger partial charge in [0.25, 0.3) is 0 Å². The van der Waals surface area contributed by atoms with Crippen LogP contribution in [0.3, 0.4) is 0 Å². The molecule has 0 radical (unpaired) electrons. The van der Waals surface area contributed by atoms with Crippen LogP contribution < -0.4 is 5.32 Å². The molecule has 2 aromatic rings. The predicted octanol–water partition coefficient (Wildman–Crippen LogP) is 1.25. The lowest BCUT2D eigenvalue weighted by atomic mass is 10.2. The van der Waals surface area contributed by atoms with Gasteiger partial charge in [0.1, 0.15) is 0 Å². The molecule has 0 aliphatic rings. The van der Waals surface area contributed by atoms with Gasteiger partial charge in [-0.2, -0.15) is 4.98 Å². The Hall–Kier alpha value is -1.69. The van der Waals surface area contributed by atoms with Crippen molar-refractivity contribution in [3.05, 3.63) is 30.4 Å². The molecule has 2 heterocycles. The molecule has 2 rings (SSSR count). The zero-order valence-corrected chi connectivity index (χ0v) is 10.8. The van der Waals surface area contributed by atoms with Crippen molar-refractivity contribution in [2.45, 2.75) is 33.4 Å². The normalized spacial score (nSPS) is 11.3. The third-order valence-electron chi connectivity index (χ3n) is 2.54. The van der Waals surface area contributed by atoms with E-state index in [1.807, 2.05) is 17.1 Å². The van der Waals surface area contributed by atoms with E-state index in [0.29, 0.717) is 11.8 Å². The molecular formula is C12H19N5O. The Morgan fingerprint density at radius 1 is 1.39 bits per heavy atom. The van der Waals surface area contributed by atoms with Crippen molar-refractivity contribution in [1.29, 1.82) is 0 Å². The largest absolute Gasteiger partial charge is 0.340 e. The standard InChI is InChI=1S/C12H19N5O/c1-10(2)5-13-6-11-7-17(9-15-11)4-3-12-14-8-16-18-12/h7-10,13H,3-6H2,1-2H3. The second-order valence-corrected chi connectivity index (χ2v) is 4.71. The molecule has 0 unspecified atom stereocenters. The van der Waals surface area contributed by atoms with Crippen LogP contribution in [-0.2, 0) is 19.5 Å². The van der Waals surface area contributed by atoms with Crippen LogP contribution in [0.1, 0.15) is 25.4 Å². The summed E-state index contributed by atoms with van der Waals surface area (Å²) < 4.78 is 6.98. The molecule has 0 bridgehead atoms. The van der Waals surface area contributed by atoms with Gasteiger partial charge in [-0.25, -0.2) is 4.98 Å². The monoisotopic (exact) mass is 249 g/mol. The van der Waals surface area contributed by atoms with Gasteiger partial charge >= 0.3 is 0 Å². The predicted molar refractivity (Wildman–Crippen MR) is 66.8 cm³/mol. The highest BCUT2D eigenvalue weighted by Crippen LogP contribution is 2.00. The molecule has 0 spiro atoms. The third-order valence-corrected chi connectivity index (χ3v) is 2.54. The maximum absolute atomic E-state index is 4.95. The molecule has 0 saturated carbocycles. The Bertz CT molecular complexity index is 449. The van der Waals surface area contributed by atoms with Gasteiger partial charge in [0.15, 0.2) is 6.33 Å². The van der Waals surface area contributed by atoms with E-state index in [2.05, 4.69) is 34.3 Å². The number of nitrogens with one attached hydrogen (secondary N) is 1. The van der Waals surface area contributed by atoms with Crippen molar-refractivity contribution < 1.29 is 4.52 Å². The van der Waals surface area contributed by atoms with E-state index in [0.717, 1.165) is 31.7 Å². The van der Waals surface area contributed by atoms with Crippen LogP contribution in [0.5, 0.6) is 0 Å². The molecule has 0 aliphatic heterocycles. The van der Waals surface area contributed by atoms with Crippen LogP contribution in [0.15, 0.2) is 23.4 Å². The quantitative estimate of drug-likeness (QED) is 0.800. The topological polar surface area (TPSA) is 68.8 Å². The highest BCUT2D eigenvalue weighted by molar-refractivity contribution is 4.96. The first-order valence-corrected chi connectivity index (χ1v) is 6.21. The van der Waals surface area contributed by atoms with E-state index in [9.17, 15) is 0 Å². The lowest BCUT2D eigenvalue weighted by Gasteiger charge is -2.04. The van der Waals surface area contributed by atoms with Crippen LogP contribution in [0.2, 0.25) is 0 Å². The minimum Gasteiger partial charge on any atom is -0.340 e. The number of nitrogens with zero attached hydrogens (tertiary/aromatic N) is 4. The number of imidazole rings is 1. The van der Waals surface area contributed by atoms with Gasteiger partial charge in [0.2, 0.25) is 5.89 Å². The molecule has 0 saturated heterocycles. The van der Waals surface area contributed by atoms with Crippen LogP contribution in [-0.4, -0.2) is 26.2 Å². The fraction of sp³-hybridized carbons (Fsp3) is 0.583. The molecule has 1 N–H and O–H groups in total. The first kappa shape index (κ1) is 12.8. The number of rotatable bonds is 7. The van der Waals surface area contributed by atoms with Gasteiger partial charge in [-0.1, -0.05) is 19.0 Å². The van der Waals surface area contributed by atoms with Gasteiger partial charge in [-0.3, -0.25) is 0 Å². The number of hydrogen-bond acceptors (Lipinski definition) is 5. The smallest absolute Gasteiger partial charge is 0.228 e. The summed E-state index contributed by atoms with van der Waals surface area (Å²) in [5.74, 6) is 1.31. The Morgan fingerprint density at radius 3 is 3.00 bits per heavy atom. The second kappa shape index (κ2) is 6.30. The van der Waals surface area contributed by atoms with Gasteiger partial charge < -0.3 is 14.4 Å². The lowest BCUT2D eigenvalue weighted by Crippen LogP contribution is -2.19. The van der Waals surface area contributed by atoms with E-state index in [1.165, 1.54) is 6.33 Å². The summed E-state index contributed by atoms with van der Waals surface area (Å²) in [5, 5.41) is 6.94. The number of hydrogen-bond donors (Lipinski definition) is 1. The van der Waals surface area contributed by atoms with Crippen LogP contribution in [0.4, 0.5) is 0 Å². The molecular weight excluding hydrogens is 230 g/mol. The molecule has 2 aromatic heterocycles. The average Bonchev–Trinajstić information content (AvgIpc) is 2.96. The van der Waals surface area contributed by atoms with Gasteiger partial charge in [-0.15, -0.1) is 0 Å². The zero-order chi connectivity index (χ0) is 12.8. The summed E-state index contributed by atoms with van der Waals surface area (Å²) in [6, 6.07) is 0. The summed E-state index contributed by atoms with van der Waals surface area (Å²) in [5.41, 5.74) is 1.06. The molecule has 18 heavy (non-hydrogen) atoms. The Labute approximate surface area is 106 Å². The van der Waals surface area contributed by atoms with Crippen molar-refractivity contribution in [3.8, 4) is 0 Å². The first-order valence-electron chi connectivity index (χ1n) is 6.21. The van der Waals surface area contributed by atoms with Gasteiger partial charge in [0.05, 0.1) is 12.0 Å². The Kier molecular flexibility index (Phi) is 4.46. The maximum Gasteiger partial charge on any atom is 0.228 e. The summed E-state index contributed by atoms with van der Waals surface area (Å²) in [6.07, 6.45) is 6.03.